The fourth-order valence-corrected chi connectivity index (χ4v) is 2.74. The summed E-state index contributed by atoms with van der Waals surface area (Å²) >= 11 is 0. The van der Waals surface area contributed by atoms with Gasteiger partial charge in [-0.1, -0.05) is 73.4 Å². The normalized spacial score (nSPS) is 12.1. The van der Waals surface area contributed by atoms with Crippen LogP contribution in [0.25, 0.3) is 0 Å². The first kappa shape index (κ1) is 26.0. The van der Waals surface area contributed by atoms with Crippen molar-refractivity contribution in [3.63, 3.8) is 0 Å². The molecule has 8 nitrogen and oxygen atoms in total. The Hall–Kier alpha value is 0.740. The largest absolute Gasteiger partial charge is 1.00 e. The van der Waals surface area contributed by atoms with Gasteiger partial charge in [-0.15, -0.1) is 0 Å². The van der Waals surface area contributed by atoms with Gasteiger partial charge in [-0.25, -0.2) is 12.6 Å². The van der Waals surface area contributed by atoms with Crippen LogP contribution in [0.3, 0.4) is 0 Å². The maximum atomic E-state index is 11.0. The Bertz CT molecular complexity index is 463. The Kier molecular flexibility index (Phi) is 17.0. The molecule has 0 aliphatic carbocycles. The molecule has 134 valence electrons. The van der Waals surface area contributed by atoms with Gasteiger partial charge in [0.05, 0.1) is 6.61 Å². The van der Waals surface area contributed by atoms with Crippen LogP contribution in [0.15, 0.2) is 0 Å². The van der Waals surface area contributed by atoms with Crippen LogP contribution in [0.4, 0.5) is 0 Å². The molecule has 0 aromatic carbocycles. The monoisotopic (exact) mass is 384 g/mol. The molecule has 0 saturated carbocycles. The van der Waals surface area contributed by atoms with E-state index in [2.05, 4.69) is 19.8 Å². The summed E-state index contributed by atoms with van der Waals surface area (Å²) in [5.41, 5.74) is 0. The minimum Gasteiger partial charge on any atom is -0.724 e. The third-order valence-electron chi connectivity index (χ3n) is 2.92. The summed E-state index contributed by atoms with van der Waals surface area (Å²) in [7, 11) is -9.87. The van der Waals surface area contributed by atoms with E-state index in [1.54, 1.807) is 0 Å². The van der Waals surface area contributed by atoms with E-state index < -0.39 is 20.8 Å². The smallest absolute Gasteiger partial charge is 0.724 e. The molecule has 0 bridgehead atoms. The molecular weight excluding hydrogens is 359 g/mol. The maximum absolute atomic E-state index is 11.0. The van der Waals surface area contributed by atoms with E-state index >= 15 is 0 Å². The first-order chi connectivity index (χ1) is 10.3. The fraction of sp³-hybridized carbons (Fsp3) is 1.00. The molecule has 0 aliphatic rings. The van der Waals surface area contributed by atoms with Gasteiger partial charge in [-0.2, -0.15) is 8.42 Å². The fourth-order valence-electron chi connectivity index (χ4n) is 1.84. The molecule has 0 spiro atoms. The molecule has 0 aromatic heterocycles. The van der Waals surface area contributed by atoms with E-state index in [9.17, 15) is 21.4 Å². The Morgan fingerprint density at radius 2 is 1.17 bits per heavy atom. The van der Waals surface area contributed by atoms with Crippen LogP contribution in [-0.2, 0) is 33.6 Å². The Balaban J connectivity index is 0. The molecule has 0 atom stereocenters. The van der Waals surface area contributed by atoms with Crippen LogP contribution in [0.1, 0.15) is 71.1 Å². The Labute approximate surface area is 161 Å². The van der Waals surface area contributed by atoms with Crippen molar-refractivity contribution < 1.29 is 63.8 Å². The molecule has 0 amide bonds. The molecule has 0 fully saturated rings. The van der Waals surface area contributed by atoms with Gasteiger partial charge in [0.15, 0.2) is 0 Å². The first-order valence-electron chi connectivity index (χ1n) is 7.50. The van der Waals surface area contributed by atoms with Crippen molar-refractivity contribution in [3.05, 3.63) is 0 Å². The van der Waals surface area contributed by atoms with Crippen LogP contribution < -0.4 is 29.6 Å². The predicted octanol–water partition coefficient (Wildman–Crippen LogP) is -0.419. The van der Waals surface area contributed by atoms with Crippen LogP contribution in [0.2, 0.25) is 0 Å². The number of rotatable bonds is 15. The molecule has 0 heterocycles. The second-order valence-corrected chi connectivity index (χ2v) is 7.10. The van der Waals surface area contributed by atoms with Gasteiger partial charge in [0.2, 0.25) is 10.4 Å². The van der Waals surface area contributed by atoms with Gasteiger partial charge in [0.1, 0.15) is 0 Å². The van der Waals surface area contributed by atoms with Crippen molar-refractivity contribution in [2.24, 2.45) is 0 Å². The molecule has 0 aliphatic heterocycles. The molecule has 11 heteroatoms. The molecular formula is C12H25NaO8S2. The van der Waals surface area contributed by atoms with Crippen LogP contribution in [-0.4, -0.2) is 28.0 Å². The molecule has 0 saturated heterocycles. The van der Waals surface area contributed by atoms with Crippen LogP contribution in [0, 0.1) is 0 Å². The van der Waals surface area contributed by atoms with Crippen molar-refractivity contribution in [1.29, 1.82) is 0 Å². The summed E-state index contributed by atoms with van der Waals surface area (Å²) in [6.07, 6.45) is 10.8. The van der Waals surface area contributed by atoms with E-state index in [0.717, 1.165) is 19.3 Å². The van der Waals surface area contributed by atoms with Gasteiger partial charge in [0.25, 0.3) is 0 Å². The molecule has 0 N–H and O–H groups in total. The van der Waals surface area contributed by atoms with Crippen LogP contribution >= 0.6 is 0 Å². The van der Waals surface area contributed by atoms with Crippen molar-refractivity contribution in [2.75, 3.05) is 6.61 Å². The average molecular weight is 384 g/mol. The second kappa shape index (κ2) is 15.0. The van der Waals surface area contributed by atoms with E-state index in [4.69, 9.17) is 0 Å². The van der Waals surface area contributed by atoms with Crippen molar-refractivity contribution >= 4 is 20.8 Å². The predicted molar refractivity (Wildman–Crippen MR) is 78.6 cm³/mol. The standard InChI is InChI=1S/C12H26O8S2.Na/c1-2-3-4-5-6-7-8-9-10-11-12-18-22(16,17)20-19-21(13,14)15;/h2-12H2,1H3,(H,13,14,15);/q;+1/p-1. The summed E-state index contributed by atoms with van der Waals surface area (Å²) in [5, 5.41) is 0. The third-order valence-corrected chi connectivity index (χ3v) is 3.93. The summed E-state index contributed by atoms with van der Waals surface area (Å²) in [6, 6.07) is 0. The summed E-state index contributed by atoms with van der Waals surface area (Å²) < 4.78 is 62.9. The van der Waals surface area contributed by atoms with Gasteiger partial charge < -0.3 is 4.55 Å². The van der Waals surface area contributed by atoms with E-state index in [0.29, 0.717) is 6.42 Å². The number of hydrogen-bond acceptors (Lipinski definition) is 8. The van der Waals surface area contributed by atoms with E-state index in [1.807, 2.05) is 0 Å². The van der Waals surface area contributed by atoms with E-state index in [1.165, 1.54) is 38.5 Å². The minimum atomic E-state index is -5.24. The average Bonchev–Trinajstić information content (AvgIpc) is 2.42. The van der Waals surface area contributed by atoms with Crippen molar-refractivity contribution in [3.8, 4) is 0 Å². The second-order valence-electron chi connectivity index (χ2n) is 4.96. The molecule has 0 radical (unpaired) electrons. The topological polar surface area (TPSA) is 119 Å². The maximum Gasteiger partial charge on any atom is 1.00 e. The zero-order chi connectivity index (χ0) is 16.9. The summed E-state index contributed by atoms with van der Waals surface area (Å²) in [6.45, 7) is 2.03. The zero-order valence-electron chi connectivity index (χ0n) is 13.9. The van der Waals surface area contributed by atoms with Gasteiger partial charge in [-0.05, 0) is 6.42 Å². The molecule has 0 aromatic rings. The third kappa shape index (κ3) is 20.7. The number of unbranched alkanes of at least 4 members (excludes halogenated alkanes) is 9. The SMILES string of the molecule is CCCCCCCCCCCCOS(=O)(=O)OOS(=O)(=O)[O-].[Na+]. The molecule has 0 unspecified atom stereocenters. The van der Waals surface area contributed by atoms with E-state index in [-0.39, 0.29) is 36.2 Å². The quantitative estimate of drug-likeness (QED) is 0.0933. The molecule has 0 rings (SSSR count). The van der Waals surface area contributed by atoms with Crippen LogP contribution in [0.5, 0.6) is 0 Å². The zero-order valence-corrected chi connectivity index (χ0v) is 17.5. The van der Waals surface area contributed by atoms with Crippen molar-refractivity contribution in [2.45, 2.75) is 71.1 Å². The van der Waals surface area contributed by atoms with Gasteiger partial charge >= 0.3 is 40.0 Å². The first-order valence-corrected chi connectivity index (χ1v) is 10.2. The number of hydrogen-bond donors (Lipinski definition) is 0. The Morgan fingerprint density at radius 3 is 1.61 bits per heavy atom. The summed E-state index contributed by atoms with van der Waals surface area (Å²) in [5.74, 6) is 0. The Morgan fingerprint density at radius 1 is 0.739 bits per heavy atom. The minimum absolute atomic E-state index is 0. The van der Waals surface area contributed by atoms with Crippen molar-refractivity contribution in [1.82, 2.24) is 0 Å². The van der Waals surface area contributed by atoms with Gasteiger partial charge in [-0.3, -0.25) is 0 Å². The summed E-state index contributed by atoms with van der Waals surface area (Å²) in [4.78, 5) is 0. The molecule has 23 heavy (non-hydrogen) atoms. The van der Waals surface area contributed by atoms with Gasteiger partial charge in [0, 0.05) is 0 Å².